The van der Waals surface area contributed by atoms with E-state index >= 15 is 0 Å². The first-order chi connectivity index (χ1) is 12.0. The zero-order valence-electron chi connectivity index (χ0n) is 13.5. The van der Waals surface area contributed by atoms with Gasteiger partial charge in [-0.25, -0.2) is 9.18 Å². The Morgan fingerprint density at radius 3 is 2.64 bits per heavy atom. The maximum absolute atomic E-state index is 13.7. The molecule has 3 fully saturated rings. The molecule has 4 atom stereocenters. The number of hydrogen-bond acceptors (Lipinski definition) is 4. The molecule has 1 aliphatic heterocycles. The van der Waals surface area contributed by atoms with Gasteiger partial charge < -0.3 is 0 Å². The molecule has 1 saturated heterocycles. The molecule has 0 spiro atoms. The molecule has 2 saturated carbocycles. The lowest BCUT2D eigenvalue weighted by atomic mass is 9.92. The molecular formula is C18H18FN3O3. The minimum Gasteiger partial charge on any atom is -0.277 e. The fraction of sp³-hybridized carbons (Fsp3) is 0.444. The van der Waals surface area contributed by atoms with Crippen molar-refractivity contribution in [1.29, 1.82) is 0 Å². The number of imide groups is 2. The Balaban J connectivity index is 1.57. The lowest BCUT2D eigenvalue weighted by Gasteiger charge is -2.36. The first-order valence-corrected chi connectivity index (χ1v) is 8.51. The van der Waals surface area contributed by atoms with Crippen molar-refractivity contribution < 1.29 is 18.8 Å². The van der Waals surface area contributed by atoms with Crippen LogP contribution in [0.5, 0.6) is 0 Å². The molecule has 25 heavy (non-hydrogen) atoms. The van der Waals surface area contributed by atoms with Gasteiger partial charge >= 0.3 is 6.03 Å². The minimum atomic E-state index is -1.21. The third-order valence-electron chi connectivity index (χ3n) is 5.48. The van der Waals surface area contributed by atoms with E-state index in [0.717, 1.165) is 31.9 Å². The van der Waals surface area contributed by atoms with E-state index in [-0.39, 0.29) is 11.7 Å². The molecule has 4 rings (SSSR count). The standard InChI is InChI=1S/C18H18FN3O3/c19-13-3-1-2-4-14(13)20-9-12-16(23)21-18(25)22(17(12)24)15-8-10-5-6-11(15)7-10/h1-4,9-12,15H,5-8H2,(H,21,23,25)/t10-,11-,12-,15+/m0/s1. The van der Waals surface area contributed by atoms with Gasteiger partial charge in [0, 0.05) is 12.3 Å². The summed E-state index contributed by atoms with van der Waals surface area (Å²) in [5, 5.41) is 2.24. The molecule has 130 valence electrons. The summed E-state index contributed by atoms with van der Waals surface area (Å²) < 4.78 is 13.7. The predicted octanol–water partition coefficient (Wildman–Crippen LogP) is 2.41. The Labute approximate surface area is 144 Å². The normalized spacial score (nSPS) is 31.9. The summed E-state index contributed by atoms with van der Waals surface area (Å²) in [6, 6.07) is 5.05. The number of carbonyl (C=O) groups excluding carboxylic acids is 3. The minimum absolute atomic E-state index is 0.0477. The number of para-hydroxylation sites is 1. The Kier molecular flexibility index (Phi) is 3.86. The van der Waals surface area contributed by atoms with Gasteiger partial charge in [-0.2, -0.15) is 0 Å². The highest BCUT2D eigenvalue weighted by atomic mass is 19.1. The lowest BCUT2D eigenvalue weighted by molar-refractivity contribution is -0.141. The maximum atomic E-state index is 13.7. The van der Waals surface area contributed by atoms with Gasteiger partial charge in [-0.05, 0) is 43.2 Å². The van der Waals surface area contributed by atoms with Crippen LogP contribution in [0.1, 0.15) is 25.7 Å². The van der Waals surface area contributed by atoms with Crippen LogP contribution in [0.2, 0.25) is 0 Å². The number of benzene rings is 1. The van der Waals surface area contributed by atoms with E-state index in [4.69, 9.17) is 0 Å². The molecule has 6 nitrogen and oxygen atoms in total. The van der Waals surface area contributed by atoms with Crippen LogP contribution >= 0.6 is 0 Å². The average molecular weight is 343 g/mol. The molecule has 1 heterocycles. The highest BCUT2D eigenvalue weighted by Gasteiger charge is 2.50. The smallest absolute Gasteiger partial charge is 0.277 e. The first kappa shape index (κ1) is 15.9. The SMILES string of the molecule is O=C1NC(=O)N([C@@H]2C[C@H]3CC[C@H]2C3)C(=O)[C@H]1C=Nc1ccccc1F. The lowest BCUT2D eigenvalue weighted by Crippen LogP contribution is -2.62. The van der Waals surface area contributed by atoms with Crippen molar-refractivity contribution in [2.75, 3.05) is 0 Å². The maximum Gasteiger partial charge on any atom is 0.331 e. The predicted molar refractivity (Wildman–Crippen MR) is 87.7 cm³/mol. The van der Waals surface area contributed by atoms with Gasteiger partial charge in [-0.3, -0.25) is 24.8 Å². The molecule has 1 N–H and O–H groups in total. The summed E-state index contributed by atoms with van der Waals surface area (Å²) in [7, 11) is 0. The third-order valence-corrected chi connectivity index (χ3v) is 5.48. The van der Waals surface area contributed by atoms with E-state index in [1.165, 1.54) is 23.1 Å². The molecule has 0 radical (unpaired) electrons. The number of halogens is 1. The molecule has 4 amide bonds. The van der Waals surface area contributed by atoms with Crippen LogP contribution in [0.15, 0.2) is 29.3 Å². The second-order valence-electron chi connectivity index (χ2n) is 6.95. The van der Waals surface area contributed by atoms with Crippen LogP contribution in [0, 0.1) is 23.6 Å². The molecule has 3 aliphatic rings. The Hall–Kier alpha value is -2.57. The summed E-state index contributed by atoms with van der Waals surface area (Å²) in [4.78, 5) is 42.2. The fourth-order valence-corrected chi connectivity index (χ4v) is 4.29. The van der Waals surface area contributed by atoms with Crippen molar-refractivity contribution in [1.82, 2.24) is 10.2 Å². The summed E-state index contributed by atoms with van der Waals surface area (Å²) in [5.74, 6) is -2.16. The Bertz CT molecular complexity index is 779. The molecule has 7 heteroatoms. The van der Waals surface area contributed by atoms with Crippen molar-refractivity contribution in [2.24, 2.45) is 22.7 Å². The Morgan fingerprint density at radius 2 is 1.96 bits per heavy atom. The van der Waals surface area contributed by atoms with Gasteiger partial charge in [-0.1, -0.05) is 18.6 Å². The largest absolute Gasteiger partial charge is 0.331 e. The summed E-state index contributed by atoms with van der Waals surface area (Å²) in [5.41, 5.74) is 0.0477. The molecule has 2 aliphatic carbocycles. The number of carbonyl (C=O) groups is 3. The molecule has 1 aromatic rings. The van der Waals surface area contributed by atoms with E-state index in [9.17, 15) is 18.8 Å². The second-order valence-corrected chi connectivity index (χ2v) is 6.95. The van der Waals surface area contributed by atoms with E-state index in [1.807, 2.05) is 0 Å². The number of hydrogen-bond donors (Lipinski definition) is 1. The first-order valence-electron chi connectivity index (χ1n) is 8.51. The molecule has 0 aromatic heterocycles. The summed E-state index contributed by atoms with van der Waals surface area (Å²) >= 11 is 0. The quantitative estimate of drug-likeness (QED) is 0.676. The summed E-state index contributed by atoms with van der Waals surface area (Å²) in [6.07, 6.45) is 5.11. The number of barbiturate groups is 1. The number of nitrogens with one attached hydrogen (secondary N) is 1. The van der Waals surface area contributed by atoms with Crippen molar-refractivity contribution in [2.45, 2.75) is 31.7 Å². The van der Waals surface area contributed by atoms with E-state index < -0.39 is 29.6 Å². The summed E-state index contributed by atoms with van der Waals surface area (Å²) in [6.45, 7) is 0. The zero-order chi connectivity index (χ0) is 17.6. The monoisotopic (exact) mass is 343 g/mol. The van der Waals surface area contributed by atoms with Crippen LogP contribution in [0.4, 0.5) is 14.9 Å². The van der Waals surface area contributed by atoms with E-state index in [1.54, 1.807) is 6.07 Å². The van der Waals surface area contributed by atoms with Gasteiger partial charge in [0.05, 0.1) is 5.69 Å². The van der Waals surface area contributed by atoms with Gasteiger partial charge in [0.1, 0.15) is 5.82 Å². The zero-order valence-corrected chi connectivity index (χ0v) is 13.5. The topological polar surface area (TPSA) is 78.8 Å². The van der Waals surface area contributed by atoms with Gasteiger partial charge in [0.25, 0.3) is 0 Å². The molecule has 0 unspecified atom stereocenters. The van der Waals surface area contributed by atoms with Crippen LogP contribution in [-0.4, -0.2) is 35.0 Å². The number of rotatable bonds is 3. The highest BCUT2D eigenvalue weighted by molar-refractivity contribution is 6.23. The van der Waals surface area contributed by atoms with Gasteiger partial charge in [-0.15, -0.1) is 0 Å². The van der Waals surface area contributed by atoms with E-state index in [2.05, 4.69) is 10.3 Å². The molecule has 2 bridgehead atoms. The van der Waals surface area contributed by atoms with Crippen molar-refractivity contribution >= 4 is 29.7 Å². The highest BCUT2D eigenvalue weighted by Crippen LogP contribution is 2.47. The van der Waals surface area contributed by atoms with Crippen LogP contribution in [0.25, 0.3) is 0 Å². The number of aliphatic imine (C=N–C) groups is 1. The van der Waals surface area contributed by atoms with Crippen molar-refractivity contribution in [3.63, 3.8) is 0 Å². The van der Waals surface area contributed by atoms with E-state index in [0.29, 0.717) is 11.8 Å². The fourth-order valence-electron chi connectivity index (χ4n) is 4.29. The average Bonchev–Trinajstić information content (AvgIpc) is 3.19. The Morgan fingerprint density at radius 1 is 1.16 bits per heavy atom. The van der Waals surface area contributed by atoms with Crippen LogP contribution in [0.3, 0.4) is 0 Å². The van der Waals surface area contributed by atoms with Gasteiger partial charge in [0.2, 0.25) is 11.8 Å². The van der Waals surface area contributed by atoms with Gasteiger partial charge in [0.15, 0.2) is 5.92 Å². The number of amides is 4. The molecule has 1 aromatic carbocycles. The number of nitrogens with zero attached hydrogens (tertiary/aromatic N) is 2. The van der Waals surface area contributed by atoms with Crippen LogP contribution in [-0.2, 0) is 9.59 Å². The number of fused-ring (bicyclic) bond motifs is 2. The number of urea groups is 1. The van der Waals surface area contributed by atoms with Crippen molar-refractivity contribution in [3.05, 3.63) is 30.1 Å². The third kappa shape index (κ3) is 2.73. The van der Waals surface area contributed by atoms with Crippen molar-refractivity contribution in [3.8, 4) is 0 Å². The van der Waals surface area contributed by atoms with Crippen LogP contribution < -0.4 is 5.32 Å². The second kappa shape index (κ2) is 6.06. The molecular weight excluding hydrogens is 325 g/mol.